The summed E-state index contributed by atoms with van der Waals surface area (Å²) in [5.41, 5.74) is 4.37. The quantitative estimate of drug-likeness (QED) is 0.457. The molecule has 6 rings (SSSR count). The van der Waals surface area contributed by atoms with Crippen LogP contribution in [0.1, 0.15) is 21.9 Å². The molecule has 0 unspecified atom stereocenters. The van der Waals surface area contributed by atoms with Crippen LogP contribution in [0.4, 0.5) is 0 Å². The molecule has 1 aromatic carbocycles. The van der Waals surface area contributed by atoms with Gasteiger partial charge in [0, 0.05) is 50.1 Å². The van der Waals surface area contributed by atoms with Crippen molar-refractivity contribution in [3.63, 3.8) is 0 Å². The first-order chi connectivity index (χ1) is 17.1. The molecule has 9 heteroatoms. The van der Waals surface area contributed by atoms with E-state index in [-0.39, 0.29) is 11.8 Å². The van der Waals surface area contributed by atoms with Gasteiger partial charge >= 0.3 is 0 Å². The summed E-state index contributed by atoms with van der Waals surface area (Å²) in [6.07, 6.45) is 9.51. The van der Waals surface area contributed by atoms with E-state index in [1.165, 1.54) is 0 Å². The number of imidazole rings is 1. The number of nitrogens with zero attached hydrogens (tertiary/aromatic N) is 7. The summed E-state index contributed by atoms with van der Waals surface area (Å²) in [5, 5.41) is 12.0. The van der Waals surface area contributed by atoms with Gasteiger partial charge in [-0.15, -0.1) is 0 Å². The van der Waals surface area contributed by atoms with E-state index in [2.05, 4.69) is 20.6 Å². The van der Waals surface area contributed by atoms with Crippen LogP contribution in [0.3, 0.4) is 0 Å². The molecule has 0 N–H and O–H groups in total. The van der Waals surface area contributed by atoms with Crippen LogP contribution in [-0.4, -0.2) is 55.5 Å². The number of nitriles is 1. The minimum absolute atomic E-state index is 0.0497. The zero-order valence-corrected chi connectivity index (χ0v) is 19.0. The lowest BCUT2D eigenvalue weighted by molar-refractivity contribution is -0.0336. The van der Waals surface area contributed by atoms with Crippen LogP contribution in [0.25, 0.3) is 27.6 Å². The number of likely N-dealkylation sites (tertiary alicyclic amines) is 1. The maximum Gasteiger partial charge on any atom is 0.272 e. The molecule has 0 atom stereocenters. The van der Waals surface area contributed by atoms with E-state index in [9.17, 15) is 10.1 Å². The number of hydrogen-bond acceptors (Lipinski definition) is 7. The van der Waals surface area contributed by atoms with Crippen molar-refractivity contribution >= 4 is 33.5 Å². The Labute approximate surface area is 201 Å². The van der Waals surface area contributed by atoms with Crippen LogP contribution in [0, 0.1) is 17.2 Å². The van der Waals surface area contributed by atoms with Crippen molar-refractivity contribution in [2.24, 2.45) is 5.92 Å². The van der Waals surface area contributed by atoms with E-state index >= 15 is 0 Å². The summed E-state index contributed by atoms with van der Waals surface area (Å²) < 4.78 is 2.11. The number of aromatic nitrogens is 4. The summed E-state index contributed by atoms with van der Waals surface area (Å²) in [6, 6.07) is 13.1. The molecule has 35 heavy (non-hydrogen) atoms. The largest absolute Gasteiger partial charge is 0.388 e. The van der Waals surface area contributed by atoms with E-state index < -0.39 is 0 Å². The van der Waals surface area contributed by atoms with Gasteiger partial charge in [-0.2, -0.15) is 5.26 Å². The summed E-state index contributed by atoms with van der Waals surface area (Å²) in [7, 11) is 1.82. The molecule has 4 aromatic rings. The summed E-state index contributed by atoms with van der Waals surface area (Å²) >= 11 is 0. The van der Waals surface area contributed by atoms with Gasteiger partial charge in [-0.1, -0.05) is 6.07 Å². The van der Waals surface area contributed by atoms with Gasteiger partial charge in [-0.05, 0) is 30.3 Å². The number of carbonyl (C=O) groups excluding carboxylic acids is 1. The number of fused-ring (bicyclic) bond motifs is 3. The van der Waals surface area contributed by atoms with Crippen molar-refractivity contribution in [1.29, 1.82) is 5.26 Å². The number of amides is 1. The molecule has 3 aromatic heterocycles. The first-order valence-corrected chi connectivity index (χ1v) is 11.3. The maximum absolute atomic E-state index is 12.7. The smallest absolute Gasteiger partial charge is 0.272 e. The lowest BCUT2D eigenvalue weighted by atomic mass is 9.95. The Kier molecular flexibility index (Phi) is 4.92. The van der Waals surface area contributed by atoms with Gasteiger partial charge in [0.15, 0.2) is 0 Å². The normalized spacial score (nSPS) is 15.6. The first kappa shape index (κ1) is 20.9. The van der Waals surface area contributed by atoms with Crippen LogP contribution in [-0.2, 0) is 11.3 Å². The zero-order valence-electron chi connectivity index (χ0n) is 19.0. The Bertz CT molecular complexity index is 1560. The Balaban J connectivity index is 1.38. The van der Waals surface area contributed by atoms with Crippen molar-refractivity contribution in [3.05, 3.63) is 84.4 Å². The molecule has 9 nitrogen and oxygen atoms in total. The van der Waals surface area contributed by atoms with Crippen LogP contribution >= 0.6 is 0 Å². The molecule has 0 radical (unpaired) electrons. The molecule has 0 spiro atoms. The highest BCUT2D eigenvalue weighted by Gasteiger charge is 2.33. The monoisotopic (exact) mass is 463 g/mol. The van der Waals surface area contributed by atoms with Gasteiger partial charge in [0.1, 0.15) is 23.3 Å². The fourth-order valence-electron chi connectivity index (χ4n) is 4.65. The van der Waals surface area contributed by atoms with Crippen molar-refractivity contribution in [2.45, 2.75) is 6.42 Å². The molecule has 2 aliphatic heterocycles. The molecular formula is C26H21N7O2. The van der Waals surface area contributed by atoms with Crippen LogP contribution in [0.2, 0.25) is 0 Å². The summed E-state index contributed by atoms with van der Waals surface area (Å²) in [5.74, 6) is 1.10. The lowest BCUT2D eigenvalue weighted by Crippen LogP contribution is -2.51. The second kappa shape index (κ2) is 8.25. The van der Waals surface area contributed by atoms with Gasteiger partial charge in [0.25, 0.3) is 5.91 Å². The lowest BCUT2D eigenvalue weighted by Gasteiger charge is -2.39. The number of carbonyl (C=O) groups is 1. The molecule has 0 aliphatic carbocycles. The van der Waals surface area contributed by atoms with E-state index in [1.54, 1.807) is 41.9 Å². The number of hydroxylamine groups is 2. The SMILES string of the molecule is CN1C=C(n2c(CC3CN(C(=O)c4ccccn4)C3)nc3cnc4ccc(C#N)cc4c32)C=CO1. The standard InChI is InChI=1S/C26H21N7O2/c1-31-16-19(7-9-35-31)33-24(11-18-14-32(15-18)26(34)22-4-2-3-8-28-22)30-23-13-29-21-6-5-17(12-27)10-20(21)25(23)33/h2-10,13,16,18H,11,14-15H2,1H3. The molecule has 1 amide bonds. The van der Waals surface area contributed by atoms with E-state index in [0.717, 1.165) is 33.5 Å². The van der Waals surface area contributed by atoms with Gasteiger partial charge in [0.2, 0.25) is 0 Å². The third kappa shape index (κ3) is 3.65. The number of benzene rings is 1. The third-order valence-corrected chi connectivity index (χ3v) is 6.32. The maximum atomic E-state index is 12.7. The molecular weight excluding hydrogens is 442 g/mol. The molecule has 2 aliphatic rings. The predicted octanol–water partition coefficient (Wildman–Crippen LogP) is 3.35. The Morgan fingerprint density at radius 2 is 2.09 bits per heavy atom. The molecule has 0 saturated carbocycles. The Morgan fingerprint density at radius 3 is 2.86 bits per heavy atom. The second-order valence-corrected chi connectivity index (χ2v) is 8.70. The van der Waals surface area contributed by atoms with Gasteiger partial charge in [0.05, 0.1) is 40.8 Å². The predicted molar refractivity (Wildman–Crippen MR) is 129 cm³/mol. The van der Waals surface area contributed by atoms with Crippen LogP contribution in [0.5, 0.6) is 0 Å². The highest BCUT2D eigenvalue weighted by Crippen LogP contribution is 2.32. The number of hydrogen-bond donors (Lipinski definition) is 0. The van der Waals surface area contributed by atoms with Crippen molar-refractivity contribution in [3.8, 4) is 6.07 Å². The minimum atomic E-state index is -0.0497. The molecule has 0 bridgehead atoms. The van der Waals surface area contributed by atoms with Crippen LogP contribution < -0.4 is 0 Å². The molecule has 5 heterocycles. The topological polar surface area (TPSA) is 100 Å². The molecule has 1 fully saturated rings. The third-order valence-electron chi connectivity index (χ3n) is 6.32. The van der Waals surface area contributed by atoms with E-state index in [4.69, 9.17) is 9.82 Å². The van der Waals surface area contributed by atoms with Crippen molar-refractivity contribution < 1.29 is 9.63 Å². The Morgan fingerprint density at radius 1 is 1.20 bits per heavy atom. The zero-order chi connectivity index (χ0) is 23.9. The van der Waals surface area contributed by atoms with E-state index in [1.807, 2.05) is 42.4 Å². The average Bonchev–Trinajstić information content (AvgIpc) is 3.24. The minimum Gasteiger partial charge on any atom is -0.388 e. The molecule has 1 saturated heterocycles. The summed E-state index contributed by atoms with van der Waals surface area (Å²) in [4.78, 5) is 33.6. The summed E-state index contributed by atoms with van der Waals surface area (Å²) in [6.45, 7) is 1.29. The number of rotatable bonds is 4. The average molecular weight is 464 g/mol. The number of pyridine rings is 2. The van der Waals surface area contributed by atoms with Crippen LogP contribution in [0.15, 0.2) is 67.3 Å². The number of allylic oxidation sites excluding steroid dienone is 2. The van der Waals surface area contributed by atoms with Gasteiger partial charge in [-0.3, -0.25) is 19.3 Å². The van der Waals surface area contributed by atoms with Crippen molar-refractivity contribution in [2.75, 3.05) is 20.1 Å². The highest BCUT2D eigenvalue weighted by atomic mass is 16.7. The second-order valence-electron chi connectivity index (χ2n) is 8.70. The van der Waals surface area contributed by atoms with E-state index in [0.29, 0.717) is 30.8 Å². The van der Waals surface area contributed by atoms with Gasteiger partial charge < -0.3 is 9.74 Å². The van der Waals surface area contributed by atoms with Gasteiger partial charge in [-0.25, -0.2) is 10.0 Å². The van der Waals surface area contributed by atoms with Crippen molar-refractivity contribution in [1.82, 2.24) is 29.5 Å². The fraction of sp³-hybridized carbons (Fsp3) is 0.192. The first-order valence-electron chi connectivity index (χ1n) is 11.3. The Hall–Kier alpha value is -4.71. The highest BCUT2D eigenvalue weighted by molar-refractivity contribution is 6.04. The molecule has 172 valence electrons. The fourth-order valence-corrected chi connectivity index (χ4v) is 4.65.